The van der Waals surface area contributed by atoms with E-state index >= 15 is 0 Å². The minimum absolute atomic E-state index is 0.937. The highest BCUT2D eigenvalue weighted by Gasteiger charge is 2.18. The first-order valence-corrected chi connectivity index (χ1v) is 14.6. The number of para-hydroxylation sites is 4. The number of aryl methyl sites for hydroxylation is 1. The van der Waals surface area contributed by atoms with Crippen molar-refractivity contribution >= 4 is 65.2 Å². The first-order valence-electron chi connectivity index (χ1n) is 14.6. The van der Waals surface area contributed by atoms with E-state index in [0.29, 0.717) is 0 Å². The Morgan fingerprint density at radius 3 is 1.88 bits per heavy atom. The van der Waals surface area contributed by atoms with Crippen LogP contribution in [-0.2, 0) is 6.54 Å². The van der Waals surface area contributed by atoms with Gasteiger partial charge < -0.3 is 4.57 Å². The van der Waals surface area contributed by atoms with Gasteiger partial charge in [0.1, 0.15) is 5.82 Å². The molecule has 3 nitrogen and oxygen atoms in total. The molecule has 0 aliphatic carbocycles. The number of aromatic nitrogens is 3. The van der Waals surface area contributed by atoms with Gasteiger partial charge in [-0.15, -0.1) is 0 Å². The molecule has 0 bridgehead atoms. The molecule has 0 atom stereocenters. The number of imidazole rings is 1. The van der Waals surface area contributed by atoms with Crippen LogP contribution in [0.25, 0.3) is 82.2 Å². The lowest BCUT2D eigenvalue weighted by atomic mass is 9.92. The highest BCUT2D eigenvalue weighted by atomic mass is 15.1. The fraction of sp³-hybridized carbons (Fsp3) is 0.0513. The van der Waals surface area contributed by atoms with Crippen molar-refractivity contribution < 1.29 is 0 Å². The summed E-state index contributed by atoms with van der Waals surface area (Å²) >= 11 is 0. The minimum atomic E-state index is 0.937. The van der Waals surface area contributed by atoms with E-state index in [-0.39, 0.29) is 0 Å². The SMILES string of the molecule is CCn1c2ccccc2c2cc3c4ccc(-c5nc6ccccc6n5-c5ccccc5)cc4c4ccccc4c3cc21. The molecule has 0 aliphatic heterocycles. The molecule has 0 saturated carbocycles. The summed E-state index contributed by atoms with van der Waals surface area (Å²) in [6, 6.07) is 48.3. The maximum Gasteiger partial charge on any atom is 0.145 e. The Bertz CT molecular complexity index is 2500. The molecule has 0 radical (unpaired) electrons. The van der Waals surface area contributed by atoms with Gasteiger partial charge in [-0.2, -0.15) is 0 Å². The average molecular weight is 538 g/mol. The molecular weight excluding hydrogens is 510 g/mol. The van der Waals surface area contributed by atoms with Gasteiger partial charge in [0.25, 0.3) is 0 Å². The molecule has 0 amide bonds. The van der Waals surface area contributed by atoms with Crippen LogP contribution >= 0.6 is 0 Å². The number of rotatable bonds is 3. The van der Waals surface area contributed by atoms with Crippen molar-refractivity contribution in [1.82, 2.24) is 14.1 Å². The first kappa shape index (κ1) is 23.3. The van der Waals surface area contributed by atoms with E-state index < -0.39 is 0 Å². The van der Waals surface area contributed by atoms with Gasteiger partial charge >= 0.3 is 0 Å². The summed E-state index contributed by atoms with van der Waals surface area (Å²) < 4.78 is 4.73. The van der Waals surface area contributed by atoms with Crippen molar-refractivity contribution in [2.45, 2.75) is 13.5 Å². The molecule has 7 aromatic carbocycles. The predicted octanol–water partition coefficient (Wildman–Crippen LogP) is 10.3. The first-order chi connectivity index (χ1) is 20.8. The molecule has 2 heterocycles. The van der Waals surface area contributed by atoms with E-state index in [2.05, 4.69) is 150 Å². The lowest BCUT2D eigenvalue weighted by molar-refractivity contribution is 0.827. The quantitative estimate of drug-likeness (QED) is 0.206. The topological polar surface area (TPSA) is 22.8 Å². The molecule has 198 valence electrons. The van der Waals surface area contributed by atoms with Crippen molar-refractivity contribution in [2.24, 2.45) is 0 Å². The Kier molecular flexibility index (Phi) is 4.88. The molecule has 42 heavy (non-hydrogen) atoms. The van der Waals surface area contributed by atoms with Crippen molar-refractivity contribution in [2.75, 3.05) is 0 Å². The Hall–Kier alpha value is -5.41. The maximum atomic E-state index is 5.16. The summed E-state index contributed by atoms with van der Waals surface area (Å²) in [5, 5.41) is 10.3. The summed E-state index contributed by atoms with van der Waals surface area (Å²) in [5.74, 6) is 0.954. The van der Waals surface area contributed by atoms with Crippen LogP contribution in [0.15, 0.2) is 133 Å². The summed E-state index contributed by atoms with van der Waals surface area (Å²) in [5.41, 5.74) is 6.91. The van der Waals surface area contributed by atoms with Crippen LogP contribution in [0.3, 0.4) is 0 Å². The molecule has 0 unspecified atom stereocenters. The number of hydrogen-bond acceptors (Lipinski definition) is 1. The van der Waals surface area contributed by atoms with Crippen LogP contribution in [0.5, 0.6) is 0 Å². The third-order valence-electron chi connectivity index (χ3n) is 8.88. The van der Waals surface area contributed by atoms with Crippen molar-refractivity contribution in [3.05, 3.63) is 133 Å². The van der Waals surface area contributed by atoms with Gasteiger partial charge in [-0.25, -0.2) is 4.98 Å². The normalized spacial score (nSPS) is 12.0. The molecule has 0 N–H and O–H groups in total. The fourth-order valence-corrected chi connectivity index (χ4v) is 7.03. The Balaban J connectivity index is 1.39. The zero-order valence-corrected chi connectivity index (χ0v) is 23.3. The number of benzene rings is 7. The van der Waals surface area contributed by atoms with Gasteiger partial charge in [-0.1, -0.05) is 84.9 Å². The largest absolute Gasteiger partial charge is 0.341 e. The molecule has 0 fully saturated rings. The highest BCUT2D eigenvalue weighted by Crippen LogP contribution is 2.41. The Morgan fingerprint density at radius 1 is 0.476 bits per heavy atom. The molecule has 9 rings (SSSR count). The minimum Gasteiger partial charge on any atom is -0.341 e. The fourth-order valence-electron chi connectivity index (χ4n) is 7.03. The zero-order valence-electron chi connectivity index (χ0n) is 23.3. The smallest absolute Gasteiger partial charge is 0.145 e. The van der Waals surface area contributed by atoms with Crippen LogP contribution in [-0.4, -0.2) is 14.1 Å². The van der Waals surface area contributed by atoms with Crippen LogP contribution in [0.4, 0.5) is 0 Å². The van der Waals surface area contributed by atoms with Gasteiger partial charge in [0.2, 0.25) is 0 Å². The van der Waals surface area contributed by atoms with E-state index in [1.165, 1.54) is 54.1 Å². The number of fused-ring (bicyclic) bond motifs is 10. The lowest BCUT2D eigenvalue weighted by Crippen LogP contribution is -1.97. The van der Waals surface area contributed by atoms with Gasteiger partial charge in [-0.05, 0) is 87.8 Å². The summed E-state index contributed by atoms with van der Waals surface area (Å²) in [7, 11) is 0. The zero-order chi connectivity index (χ0) is 27.8. The van der Waals surface area contributed by atoms with Gasteiger partial charge in [-0.3, -0.25) is 4.57 Å². The van der Waals surface area contributed by atoms with Crippen LogP contribution in [0.1, 0.15) is 6.92 Å². The summed E-state index contributed by atoms with van der Waals surface area (Å²) in [4.78, 5) is 5.16. The number of nitrogens with zero attached hydrogens (tertiary/aromatic N) is 3. The van der Waals surface area contributed by atoms with E-state index in [1.54, 1.807) is 0 Å². The lowest BCUT2D eigenvalue weighted by Gasteiger charge is -2.14. The molecule has 0 spiro atoms. The molecule has 3 heteroatoms. The third kappa shape index (κ3) is 3.19. The monoisotopic (exact) mass is 537 g/mol. The maximum absolute atomic E-state index is 5.16. The van der Waals surface area contributed by atoms with Gasteiger partial charge in [0.15, 0.2) is 0 Å². The van der Waals surface area contributed by atoms with Crippen LogP contribution in [0, 0.1) is 0 Å². The van der Waals surface area contributed by atoms with Crippen molar-refractivity contribution in [3.63, 3.8) is 0 Å². The van der Waals surface area contributed by atoms with Gasteiger partial charge in [0, 0.05) is 39.6 Å². The standard InChI is InChI=1S/C39H27N3/c1-2-41-36-18-10-8-16-30(36)34-23-32-29-21-20-25(22-31(29)27-14-6-7-15-28(27)33(32)24-38(34)41)39-40-35-17-9-11-19-37(35)42(39)26-12-4-3-5-13-26/h3-24H,2H2,1H3. The second-order valence-corrected chi connectivity index (χ2v) is 11.1. The van der Waals surface area contributed by atoms with Crippen LogP contribution in [0.2, 0.25) is 0 Å². The van der Waals surface area contributed by atoms with E-state index in [1.807, 2.05) is 0 Å². The molecular formula is C39H27N3. The Labute approximate surface area is 242 Å². The molecule has 9 aromatic rings. The van der Waals surface area contributed by atoms with Crippen molar-refractivity contribution in [3.8, 4) is 17.1 Å². The molecule has 2 aromatic heterocycles. The van der Waals surface area contributed by atoms with E-state index in [0.717, 1.165) is 34.7 Å². The summed E-state index contributed by atoms with van der Waals surface area (Å²) in [6.07, 6.45) is 0. The van der Waals surface area contributed by atoms with Gasteiger partial charge in [0.05, 0.1) is 11.0 Å². The Morgan fingerprint density at radius 2 is 1.10 bits per heavy atom. The number of hydrogen-bond donors (Lipinski definition) is 0. The van der Waals surface area contributed by atoms with Crippen LogP contribution < -0.4 is 0 Å². The predicted molar refractivity (Wildman–Crippen MR) is 178 cm³/mol. The summed E-state index contributed by atoms with van der Waals surface area (Å²) in [6.45, 7) is 3.17. The highest BCUT2D eigenvalue weighted by molar-refractivity contribution is 6.29. The second-order valence-electron chi connectivity index (χ2n) is 11.1. The van der Waals surface area contributed by atoms with E-state index in [4.69, 9.17) is 4.98 Å². The second kappa shape index (κ2) is 8.79. The van der Waals surface area contributed by atoms with Crippen molar-refractivity contribution in [1.29, 1.82) is 0 Å². The molecule has 0 saturated heterocycles. The van der Waals surface area contributed by atoms with E-state index in [9.17, 15) is 0 Å². The molecule has 0 aliphatic rings. The third-order valence-corrected chi connectivity index (χ3v) is 8.88. The average Bonchev–Trinajstić information content (AvgIpc) is 3.60.